The summed E-state index contributed by atoms with van der Waals surface area (Å²) in [6, 6.07) is 0. The van der Waals surface area contributed by atoms with E-state index in [4.69, 9.17) is 11.2 Å². The van der Waals surface area contributed by atoms with Gasteiger partial charge in [0.15, 0.2) is 0 Å². The molecule has 1 aliphatic rings. The van der Waals surface area contributed by atoms with Gasteiger partial charge in [-0.1, -0.05) is 0 Å². The van der Waals surface area contributed by atoms with Crippen molar-refractivity contribution in [2.24, 2.45) is 5.92 Å². The molecular formula is C12H19NO3. The molecule has 0 aromatic carbocycles. The van der Waals surface area contributed by atoms with Crippen molar-refractivity contribution in [3.63, 3.8) is 0 Å². The summed E-state index contributed by atoms with van der Waals surface area (Å²) < 4.78 is 5.22. The second-order valence-electron chi connectivity index (χ2n) is 5.06. The predicted molar refractivity (Wildman–Crippen MR) is 60.8 cm³/mol. The zero-order chi connectivity index (χ0) is 12.3. The third-order valence-corrected chi connectivity index (χ3v) is 2.45. The molecule has 1 fully saturated rings. The number of aliphatic hydroxyl groups excluding tert-OH is 1. The lowest BCUT2D eigenvalue weighted by Gasteiger charge is -2.34. The zero-order valence-electron chi connectivity index (χ0n) is 10.1. The topological polar surface area (TPSA) is 49.8 Å². The van der Waals surface area contributed by atoms with Gasteiger partial charge in [-0.25, -0.2) is 4.79 Å². The van der Waals surface area contributed by atoms with Crippen molar-refractivity contribution in [3.8, 4) is 12.3 Å². The van der Waals surface area contributed by atoms with Crippen molar-refractivity contribution in [2.75, 3.05) is 13.1 Å². The molecule has 2 atom stereocenters. The van der Waals surface area contributed by atoms with Crippen LogP contribution in [0.4, 0.5) is 4.79 Å². The standard InChI is InChI=1S/C12H19NO3/c1-5-9-6-7-13(8-10(9)14)11(15)16-12(2,3)4/h1,9-10,14H,6-8H2,2-4H3/t9?,10-/m1/s1. The van der Waals surface area contributed by atoms with Crippen molar-refractivity contribution < 1.29 is 14.6 Å². The average molecular weight is 225 g/mol. The highest BCUT2D eigenvalue weighted by Gasteiger charge is 2.31. The fraction of sp³-hybridized carbons (Fsp3) is 0.750. The Hall–Kier alpha value is -1.21. The number of piperidine rings is 1. The highest BCUT2D eigenvalue weighted by atomic mass is 16.6. The van der Waals surface area contributed by atoms with E-state index in [1.807, 2.05) is 20.8 Å². The number of rotatable bonds is 0. The monoisotopic (exact) mass is 225 g/mol. The van der Waals surface area contributed by atoms with E-state index >= 15 is 0 Å². The number of carbonyl (C=O) groups excluding carboxylic acids is 1. The highest BCUT2D eigenvalue weighted by Crippen LogP contribution is 2.19. The summed E-state index contributed by atoms with van der Waals surface area (Å²) in [6.07, 6.45) is 4.86. The zero-order valence-corrected chi connectivity index (χ0v) is 10.1. The summed E-state index contributed by atoms with van der Waals surface area (Å²) in [5.41, 5.74) is -0.509. The van der Waals surface area contributed by atoms with Crippen LogP contribution in [0.15, 0.2) is 0 Å². The third-order valence-electron chi connectivity index (χ3n) is 2.45. The van der Waals surface area contributed by atoms with Gasteiger partial charge in [0, 0.05) is 12.5 Å². The molecule has 16 heavy (non-hydrogen) atoms. The van der Waals surface area contributed by atoms with E-state index in [1.165, 1.54) is 4.90 Å². The number of hydrogen-bond acceptors (Lipinski definition) is 3. The molecule has 90 valence electrons. The van der Waals surface area contributed by atoms with E-state index in [0.717, 1.165) is 0 Å². The van der Waals surface area contributed by atoms with E-state index in [0.29, 0.717) is 13.0 Å². The Balaban J connectivity index is 2.52. The van der Waals surface area contributed by atoms with Crippen LogP contribution in [0.3, 0.4) is 0 Å². The number of carbonyl (C=O) groups is 1. The number of β-amino-alcohol motifs (C(OH)–C–C–N with tert-alkyl or cyclic N) is 1. The first kappa shape index (κ1) is 12.9. The third kappa shape index (κ3) is 3.42. The number of hydrogen-bond donors (Lipinski definition) is 1. The molecule has 0 spiro atoms. The maximum absolute atomic E-state index is 11.7. The quantitative estimate of drug-likeness (QED) is 0.631. The van der Waals surface area contributed by atoms with Crippen molar-refractivity contribution in [1.29, 1.82) is 0 Å². The summed E-state index contributed by atoms with van der Waals surface area (Å²) in [4.78, 5) is 13.2. The van der Waals surface area contributed by atoms with Crippen LogP contribution < -0.4 is 0 Å². The smallest absolute Gasteiger partial charge is 0.410 e. The van der Waals surface area contributed by atoms with Crippen LogP contribution in [0.25, 0.3) is 0 Å². The van der Waals surface area contributed by atoms with E-state index in [-0.39, 0.29) is 18.6 Å². The van der Waals surface area contributed by atoms with Crippen LogP contribution in [-0.4, -0.2) is 40.9 Å². The van der Waals surface area contributed by atoms with E-state index < -0.39 is 11.7 Å². The predicted octanol–water partition coefficient (Wildman–Crippen LogP) is 1.24. The van der Waals surface area contributed by atoms with Gasteiger partial charge in [-0.05, 0) is 27.2 Å². The van der Waals surface area contributed by atoms with Gasteiger partial charge in [-0.2, -0.15) is 0 Å². The number of aliphatic hydroxyl groups is 1. The molecule has 1 unspecified atom stereocenters. The summed E-state index contributed by atoms with van der Waals surface area (Å²) in [6.45, 7) is 6.24. The minimum absolute atomic E-state index is 0.154. The van der Waals surface area contributed by atoms with Crippen molar-refractivity contribution >= 4 is 6.09 Å². The van der Waals surface area contributed by atoms with Crippen LogP contribution in [0.1, 0.15) is 27.2 Å². The minimum Gasteiger partial charge on any atom is -0.444 e. The summed E-state index contributed by atoms with van der Waals surface area (Å²) in [5.74, 6) is 2.38. The molecule has 1 saturated heterocycles. The summed E-state index contributed by atoms with van der Waals surface area (Å²) >= 11 is 0. The number of nitrogens with zero attached hydrogens (tertiary/aromatic N) is 1. The largest absolute Gasteiger partial charge is 0.444 e. The van der Waals surface area contributed by atoms with Crippen molar-refractivity contribution in [3.05, 3.63) is 0 Å². The van der Waals surface area contributed by atoms with Gasteiger partial charge in [0.2, 0.25) is 0 Å². The number of ether oxygens (including phenoxy) is 1. The summed E-state index contributed by atoms with van der Waals surface area (Å²) in [7, 11) is 0. The molecule has 0 aliphatic carbocycles. The number of terminal acetylenes is 1. The van der Waals surface area contributed by atoms with Crippen molar-refractivity contribution in [2.45, 2.75) is 38.9 Å². The summed E-state index contributed by atoms with van der Waals surface area (Å²) in [5, 5.41) is 9.69. The lowest BCUT2D eigenvalue weighted by molar-refractivity contribution is -0.00420. The Kier molecular flexibility index (Phi) is 3.82. The van der Waals surface area contributed by atoms with Gasteiger partial charge < -0.3 is 14.7 Å². The first-order valence-corrected chi connectivity index (χ1v) is 5.45. The molecular weight excluding hydrogens is 206 g/mol. The first-order valence-electron chi connectivity index (χ1n) is 5.45. The lowest BCUT2D eigenvalue weighted by atomic mass is 9.95. The highest BCUT2D eigenvalue weighted by molar-refractivity contribution is 5.68. The fourth-order valence-corrected chi connectivity index (χ4v) is 1.62. The molecule has 0 radical (unpaired) electrons. The lowest BCUT2D eigenvalue weighted by Crippen LogP contribution is -2.47. The maximum Gasteiger partial charge on any atom is 0.410 e. The Morgan fingerprint density at radius 1 is 1.56 bits per heavy atom. The normalized spacial score (nSPS) is 26.1. The van der Waals surface area contributed by atoms with Crippen molar-refractivity contribution in [1.82, 2.24) is 4.90 Å². The Bertz CT molecular complexity index is 300. The van der Waals surface area contributed by atoms with E-state index in [1.54, 1.807) is 0 Å². The molecule has 4 heteroatoms. The molecule has 1 rings (SSSR count). The molecule has 0 aromatic heterocycles. The molecule has 0 bridgehead atoms. The molecule has 4 nitrogen and oxygen atoms in total. The van der Waals surface area contributed by atoms with Crippen LogP contribution >= 0.6 is 0 Å². The second-order valence-corrected chi connectivity index (χ2v) is 5.06. The van der Waals surface area contributed by atoms with Crippen LogP contribution in [0.2, 0.25) is 0 Å². The fourth-order valence-electron chi connectivity index (χ4n) is 1.62. The first-order chi connectivity index (χ1) is 7.33. The molecule has 1 amide bonds. The van der Waals surface area contributed by atoms with E-state index in [2.05, 4.69) is 5.92 Å². The van der Waals surface area contributed by atoms with E-state index in [9.17, 15) is 9.90 Å². The Morgan fingerprint density at radius 3 is 2.62 bits per heavy atom. The van der Waals surface area contributed by atoms with Gasteiger partial charge in [0.05, 0.1) is 12.6 Å². The molecule has 1 heterocycles. The average Bonchev–Trinajstić information content (AvgIpc) is 2.15. The molecule has 1 N–H and O–H groups in total. The Morgan fingerprint density at radius 2 is 2.19 bits per heavy atom. The van der Waals surface area contributed by atoms with Gasteiger partial charge in [0.1, 0.15) is 5.60 Å². The van der Waals surface area contributed by atoms with Crippen LogP contribution in [0, 0.1) is 18.3 Å². The second kappa shape index (κ2) is 4.75. The van der Waals surface area contributed by atoms with Gasteiger partial charge in [-0.3, -0.25) is 0 Å². The number of likely N-dealkylation sites (tertiary alicyclic amines) is 1. The number of amides is 1. The Labute approximate surface area is 96.6 Å². The molecule has 0 aromatic rings. The molecule has 0 saturated carbocycles. The SMILES string of the molecule is C#CC1CCN(C(=O)OC(C)(C)C)C[C@H]1O. The van der Waals surface area contributed by atoms with Gasteiger partial charge in [0.25, 0.3) is 0 Å². The minimum atomic E-state index is -0.647. The van der Waals surface area contributed by atoms with Gasteiger partial charge >= 0.3 is 6.09 Å². The van der Waals surface area contributed by atoms with Gasteiger partial charge in [-0.15, -0.1) is 12.3 Å². The molecule has 1 aliphatic heterocycles. The van der Waals surface area contributed by atoms with Crippen LogP contribution in [0.5, 0.6) is 0 Å². The maximum atomic E-state index is 11.7. The van der Waals surface area contributed by atoms with Crippen LogP contribution in [-0.2, 0) is 4.74 Å².